The zero-order valence-corrected chi connectivity index (χ0v) is 15.6. The number of ether oxygens (including phenoxy) is 1. The van der Waals surface area contributed by atoms with Crippen LogP contribution in [0.15, 0.2) is 35.3 Å². The highest BCUT2D eigenvalue weighted by molar-refractivity contribution is 5.95. The minimum absolute atomic E-state index is 0.0131. The molecule has 1 atom stereocenters. The Morgan fingerprint density at radius 1 is 1.23 bits per heavy atom. The summed E-state index contributed by atoms with van der Waals surface area (Å²) in [5.74, 6) is -2.90. The molecule has 1 amide bonds. The Morgan fingerprint density at radius 2 is 1.93 bits per heavy atom. The quantitative estimate of drug-likeness (QED) is 0.657. The van der Waals surface area contributed by atoms with Crippen molar-refractivity contribution in [3.05, 3.63) is 75.0 Å². The van der Waals surface area contributed by atoms with Crippen molar-refractivity contribution in [2.45, 2.75) is 19.1 Å². The lowest BCUT2D eigenvalue weighted by Crippen LogP contribution is -2.37. The summed E-state index contributed by atoms with van der Waals surface area (Å²) in [5, 5.41) is 0.0906. The molecule has 1 N–H and O–H groups in total. The Labute approximate surface area is 167 Å². The molecule has 1 aliphatic heterocycles. The third-order valence-corrected chi connectivity index (χ3v) is 5.08. The number of alkyl halides is 2. The number of amides is 1. The number of H-pyrrole nitrogens is 1. The molecule has 0 radical (unpaired) electrons. The van der Waals surface area contributed by atoms with Crippen LogP contribution in [0.5, 0.6) is 0 Å². The molecule has 0 saturated carbocycles. The summed E-state index contributed by atoms with van der Waals surface area (Å²) in [7, 11) is 1.44. The highest BCUT2D eigenvalue weighted by Gasteiger charge is 2.31. The first-order valence-corrected chi connectivity index (χ1v) is 8.90. The second-order valence-electron chi connectivity index (χ2n) is 6.88. The Kier molecular flexibility index (Phi) is 5.02. The Morgan fingerprint density at radius 3 is 2.63 bits per heavy atom. The second-order valence-corrected chi connectivity index (χ2v) is 6.88. The molecule has 1 aromatic carbocycles. The van der Waals surface area contributed by atoms with E-state index in [1.165, 1.54) is 18.0 Å². The van der Waals surface area contributed by atoms with Crippen molar-refractivity contribution in [1.82, 2.24) is 14.9 Å². The summed E-state index contributed by atoms with van der Waals surface area (Å²) in [5.41, 5.74) is -0.425. The second kappa shape index (κ2) is 7.52. The number of fused-ring (bicyclic) bond motifs is 3. The fourth-order valence-electron chi connectivity index (χ4n) is 3.59. The third-order valence-electron chi connectivity index (χ3n) is 5.08. The normalized spacial score (nSPS) is 16.0. The molecule has 0 spiro atoms. The predicted octanol–water partition coefficient (Wildman–Crippen LogP) is 3.48. The highest BCUT2D eigenvalue weighted by atomic mass is 19.3. The van der Waals surface area contributed by atoms with Crippen LogP contribution in [0.25, 0.3) is 10.8 Å². The number of nitrogens with zero attached hydrogens (tertiary/aromatic N) is 2. The molecule has 30 heavy (non-hydrogen) atoms. The van der Waals surface area contributed by atoms with Crippen molar-refractivity contribution in [2.24, 2.45) is 0 Å². The summed E-state index contributed by atoms with van der Waals surface area (Å²) in [6.07, 6.45) is -1.73. The van der Waals surface area contributed by atoms with Gasteiger partial charge in [0.1, 0.15) is 5.69 Å². The van der Waals surface area contributed by atoms with Crippen LogP contribution in [0.1, 0.15) is 39.8 Å². The highest BCUT2D eigenvalue weighted by Crippen LogP contribution is 2.34. The van der Waals surface area contributed by atoms with Crippen LogP contribution in [0, 0.1) is 11.6 Å². The summed E-state index contributed by atoms with van der Waals surface area (Å²) < 4.78 is 59.0. The van der Waals surface area contributed by atoms with Crippen molar-refractivity contribution in [3.8, 4) is 0 Å². The first-order chi connectivity index (χ1) is 14.3. The van der Waals surface area contributed by atoms with Gasteiger partial charge in [-0.2, -0.15) is 0 Å². The van der Waals surface area contributed by atoms with Crippen LogP contribution in [-0.2, 0) is 11.3 Å². The molecule has 3 heterocycles. The average Bonchev–Trinajstić information content (AvgIpc) is 2.73. The van der Waals surface area contributed by atoms with E-state index in [2.05, 4.69) is 9.97 Å². The minimum Gasteiger partial charge on any atom is -0.373 e. The van der Waals surface area contributed by atoms with E-state index in [0.29, 0.717) is 11.3 Å². The van der Waals surface area contributed by atoms with Gasteiger partial charge in [-0.3, -0.25) is 14.6 Å². The van der Waals surface area contributed by atoms with Crippen molar-refractivity contribution in [1.29, 1.82) is 0 Å². The van der Waals surface area contributed by atoms with Gasteiger partial charge in [0.2, 0.25) is 0 Å². The SMILES string of the molecule is CN(C(=O)c1ccnc(C(F)F)c1)[C@@H]1COCc2[nH]c(=O)c3cc(F)c(F)cc3c21. The topological polar surface area (TPSA) is 75.3 Å². The van der Waals surface area contributed by atoms with Crippen LogP contribution in [0.3, 0.4) is 0 Å². The lowest BCUT2D eigenvalue weighted by atomic mass is 9.95. The monoisotopic (exact) mass is 421 g/mol. The van der Waals surface area contributed by atoms with Gasteiger partial charge in [-0.25, -0.2) is 17.6 Å². The van der Waals surface area contributed by atoms with Crippen LogP contribution in [0.2, 0.25) is 0 Å². The molecule has 2 aromatic heterocycles. The number of hydrogen-bond acceptors (Lipinski definition) is 4. The average molecular weight is 421 g/mol. The number of benzene rings is 1. The number of pyridine rings is 2. The van der Waals surface area contributed by atoms with Gasteiger partial charge >= 0.3 is 0 Å². The van der Waals surface area contributed by atoms with E-state index in [1.807, 2.05) is 0 Å². The number of hydrogen-bond donors (Lipinski definition) is 1. The number of aromatic nitrogens is 2. The van der Waals surface area contributed by atoms with Gasteiger partial charge in [-0.05, 0) is 29.7 Å². The zero-order valence-electron chi connectivity index (χ0n) is 15.6. The van der Waals surface area contributed by atoms with E-state index < -0.39 is 41.3 Å². The summed E-state index contributed by atoms with van der Waals surface area (Å²) in [6, 6.07) is 3.24. The predicted molar refractivity (Wildman–Crippen MR) is 98.2 cm³/mol. The lowest BCUT2D eigenvalue weighted by molar-refractivity contribution is 0.0335. The first-order valence-electron chi connectivity index (χ1n) is 8.90. The van der Waals surface area contributed by atoms with Crippen LogP contribution < -0.4 is 5.56 Å². The van der Waals surface area contributed by atoms with Gasteiger partial charge in [0, 0.05) is 30.1 Å². The van der Waals surface area contributed by atoms with Crippen LogP contribution >= 0.6 is 0 Å². The molecule has 3 aromatic rings. The molecule has 0 saturated heterocycles. The minimum atomic E-state index is -2.84. The maximum Gasteiger partial charge on any atom is 0.280 e. The molecule has 0 fully saturated rings. The van der Waals surface area contributed by atoms with Crippen LogP contribution in [-0.4, -0.2) is 34.4 Å². The number of carbonyl (C=O) groups is 1. The number of halogens is 4. The number of nitrogens with one attached hydrogen (secondary N) is 1. The smallest absolute Gasteiger partial charge is 0.280 e. The molecule has 4 rings (SSSR count). The summed E-state index contributed by atoms with van der Waals surface area (Å²) in [6.45, 7) is 0.0327. The largest absolute Gasteiger partial charge is 0.373 e. The molecule has 0 aliphatic carbocycles. The number of rotatable bonds is 3. The van der Waals surface area contributed by atoms with E-state index in [0.717, 1.165) is 24.4 Å². The van der Waals surface area contributed by atoms with E-state index in [9.17, 15) is 27.2 Å². The van der Waals surface area contributed by atoms with Gasteiger partial charge in [0.25, 0.3) is 17.9 Å². The van der Waals surface area contributed by atoms with Crippen molar-refractivity contribution in [3.63, 3.8) is 0 Å². The van der Waals surface area contributed by atoms with Crippen molar-refractivity contribution in [2.75, 3.05) is 13.7 Å². The standard InChI is InChI=1S/C20H15F4N3O3/c1-27(20(29)9-2-3-25-14(4-9)18(23)24)16-8-30-7-15-17(16)10-5-12(21)13(22)6-11(10)19(28)26-15/h2-6,16,18H,7-8H2,1H3,(H,26,28)/t16-/m1/s1. The van der Waals surface area contributed by atoms with Gasteiger partial charge < -0.3 is 14.6 Å². The fraction of sp³-hybridized carbons (Fsp3) is 0.250. The van der Waals surface area contributed by atoms with Gasteiger partial charge in [-0.1, -0.05) is 0 Å². The number of likely N-dealkylation sites (N-methyl/N-ethyl adjacent to an activating group) is 1. The molecular formula is C20H15F4N3O3. The molecular weight excluding hydrogens is 406 g/mol. The molecule has 0 unspecified atom stereocenters. The van der Waals surface area contributed by atoms with Crippen molar-refractivity contribution < 1.29 is 27.1 Å². The summed E-state index contributed by atoms with van der Waals surface area (Å²) >= 11 is 0. The molecule has 1 aliphatic rings. The number of carbonyl (C=O) groups excluding carboxylic acids is 1. The van der Waals surface area contributed by atoms with Crippen LogP contribution in [0.4, 0.5) is 17.6 Å². The van der Waals surface area contributed by atoms with E-state index >= 15 is 0 Å². The maximum atomic E-state index is 13.9. The zero-order chi connectivity index (χ0) is 21.6. The summed E-state index contributed by atoms with van der Waals surface area (Å²) in [4.78, 5) is 32.6. The third kappa shape index (κ3) is 3.32. The Hall–Kier alpha value is -3.27. The molecule has 0 bridgehead atoms. The lowest BCUT2D eigenvalue weighted by Gasteiger charge is -2.34. The van der Waals surface area contributed by atoms with Gasteiger partial charge in [-0.15, -0.1) is 0 Å². The van der Waals surface area contributed by atoms with Crippen molar-refractivity contribution >= 4 is 16.7 Å². The molecule has 6 nitrogen and oxygen atoms in total. The fourth-order valence-corrected chi connectivity index (χ4v) is 3.59. The Bertz CT molecular complexity index is 1210. The van der Waals surface area contributed by atoms with E-state index in [4.69, 9.17) is 4.74 Å². The Balaban J connectivity index is 1.82. The van der Waals surface area contributed by atoms with E-state index in [1.54, 1.807) is 0 Å². The molecule has 10 heteroatoms. The number of aromatic amines is 1. The van der Waals surface area contributed by atoms with Gasteiger partial charge in [0.15, 0.2) is 11.6 Å². The van der Waals surface area contributed by atoms with Gasteiger partial charge in [0.05, 0.1) is 24.6 Å². The molecule has 156 valence electrons. The maximum absolute atomic E-state index is 13.9. The van der Waals surface area contributed by atoms with E-state index in [-0.39, 0.29) is 29.5 Å². The first kappa shape index (κ1) is 20.0.